The van der Waals surface area contributed by atoms with Gasteiger partial charge in [0.05, 0.1) is 15.1 Å². The number of ether oxygens (including phenoxy) is 1. The highest BCUT2D eigenvalue weighted by Crippen LogP contribution is 2.36. The molecular formula is C14H10BrF3INO3S. The first-order valence-corrected chi connectivity index (χ1v) is 9.68. The van der Waals surface area contributed by atoms with Crippen molar-refractivity contribution in [1.82, 2.24) is 0 Å². The minimum Gasteiger partial charge on any atom is -0.405 e. The number of benzene rings is 2. The van der Waals surface area contributed by atoms with Crippen LogP contribution in [0.1, 0.15) is 5.56 Å². The molecule has 10 heteroatoms. The lowest BCUT2D eigenvalue weighted by atomic mass is 10.2. The minimum atomic E-state index is -4.84. The molecule has 4 nitrogen and oxygen atoms in total. The van der Waals surface area contributed by atoms with Crippen molar-refractivity contribution in [2.45, 2.75) is 18.2 Å². The normalized spacial score (nSPS) is 12.1. The van der Waals surface area contributed by atoms with E-state index in [2.05, 4.69) is 25.4 Å². The molecule has 0 unspecified atom stereocenters. The van der Waals surface area contributed by atoms with Crippen LogP contribution in [0.4, 0.5) is 18.9 Å². The first-order valence-electron chi connectivity index (χ1n) is 6.32. The first kappa shape index (κ1) is 19.3. The van der Waals surface area contributed by atoms with Gasteiger partial charge in [-0.25, -0.2) is 8.42 Å². The van der Waals surface area contributed by atoms with Gasteiger partial charge in [0, 0.05) is 3.57 Å². The van der Waals surface area contributed by atoms with E-state index in [4.69, 9.17) is 0 Å². The maximum absolute atomic E-state index is 12.3. The van der Waals surface area contributed by atoms with Crippen LogP contribution in [0.5, 0.6) is 5.75 Å². The van der Waals surface area contributed by atoms with E-state index in [9.17, 15) is 21.6 Å². The summed E-state index contributed by atoms with van der Waals surface area (Å²) >= 11 is 4.67. The van der Waals surface area contributed by atoms with Gasteiger partial charge >= 0.3 is 6.36 Å². The van der Waals surface area contributed by atoms with Crippen molar-refractivity contribution in [1.29, 1.82) is 0 Å². The van der Waals surface area contributed by atoms with Gasteiger partial charge < -0.3 is 4.74 Å². The van der Waals surface area contributed by atoms with Gasteiger partial charge in [0.1, 0.15) is 5.75 Å². The second kappa shape index (κ2) is 7.08. The van der Waals surface area contributed by atoms with Crippen LogP contribution >= 0.6 is 38.5 Å². The molecule has 0 saturated heterocycles. The molecule has 1 N–H and O–H groups in total. The molecule has 0 atom stereocenters. The molecule has 0 radical (unpaired) electrons. The number of nitrogens with one attached hydrogen (secondary N) is 1. The lowest BCUT2D eigenvalue weighted by Crippen LogP contribution is -2.18. The highest BCUT2D eigenvalue weighted by Gasteiger charge is 2.32. The van der Waals surface area contributed by atoms with Crippen molar-refractivity contribution in [3.63, 3.8) is 0 Å². The van der Waals surface area contributed by atoms with E-state index in [1.165, 1.54) is 18.2 Å². The summed E-state index contributed by atoms with van der Waals surface area (Å²) in [6, 6.07) is 8.49. The smallest absolute Gasteiger partial charge is 0.405 e. The SMILES string of the molecule is Cc1ccc(S(=O)(=O)Nc2cc(Br)c(OC(F)(F)F)cc2I)cc1. The van der Waals surface area contributed by atoms with E-state index in [-0.39, 0.29) is 18.6 Å². The fraction of sp³-hybridized carbons (Fsp3) is 0.143. The van der Waals surface area contributed by atoms with Gasteiger partial charge in [-0.1, -0.05) is 17.7 Å². The molecule has 0 heterocycles. The van der Waals surface area contributed by atoms with Crippen LogP contribution in [0.2, 0.25) is 0 Å². The third-order valence-electron chi connectivity index (χ3n) is 2.82. The third-order valence-corrected chi connectivity index (χ3v) is 5.72. The van der Waals surface area contributed by atoms with Gasteiger partial charge in [0.15, 0.2) is 0 Å². The molecule has 2 aromatic carbocycles. The molecule has 0 amide bonds. The van der Waals surface area contributed by atoms with Crippen LogP contribution < -0.4 is 9.46 Å². The van der Waals surface area contributed by atoms with Crippen molar-refractivity contribution in [2.24, 2.45) is 0 Å². The Kier molecular flexibility index (Phi) is 5.70. The molecule has 0 saturated carbocycles. The molecule has 2 rings (SSSR count). The monoisotopic (exact) mass is 535 g/mol. The number of sulfonamides is 1. The third kappa shape index (κ3) is 4.99. The molecular weight excluding hydrogens is 526 g/mol. The predicted octanol–water partition coefficient (Wildman–Crippen LogP) is 5.06. The van der Waals surface area contributed by atoms with Crippen LogP contribution in [-0.2, 0) is 10.0 Å². The molecule has 2 aromatic rings. The first-order chi connectivity index (χ1) is 11.0. The Labute approximate surface area is 158 Å². The van der Waals surface area contributed by atoms with Gasteiger partial charge in [0.25, 0.3) is 10.0 Å². The lowest BCUT2D eigenvalue weighted by Gasteiger charge is -2.14. The molecule has 0 aromatic heterocycles. The molecule has 0 aliphatic rings. The average molecular weight is 536 g/mol. The Morgan fingerprint density at radius 2 is 1.75 bits per heavy atom. The predicted molar refractivity (Wildman–Crippen MR) is 95.5 cm³/mol. The summed E-state index contributed by atoms with van der Waals surface area (Å²) in [6.07, 6.45) is -4.84. The van der Waals surface area contributed by atoms with Crippen LogP contribution in [0.25, 0.3) is 0 Å². The Hall–Kier alpha value is -1.01. The van der Waals surface area contributed by atoms with E-state index in [0.29, 0.717) is 0 Å². The second-order valence-electron chi connectivity index (χ2n) is 4.73. The number of rotatable bonds is 4. The van der Waals surface area contributed by atoms with Gasteiger partial charge in [0.2, 0.25) is 0 Å². The molecule has 0 bridgehead atoms. The van der Waals surface area contributed by atoms with E-state index in [0.717, 1.165) is 11.6 Å². The van der Waals surface area contributed by atoms with Crippen molar-refractivity contribution in [3.8, 4) is 5.75 Å². The van der Waals surface area contributed by atoms with E-state index >= 15 is 0 Å². The molecule has 0 fully saturated rings. The number of hydrogen-bond acceptors (Lipinski definition) is 3. The van der Waals surface area contributed by atoms with Crippen molar-refractivity contribution >= 4 is 54.2 Å². The lowest BCUT2D eigenvalue weighted by molar-refractivity contribution is -0.274. The van der Waals surface area contributed by atoms with Crippen LogP contribution in [0, 0.1) is 10.5 Å². The zero-order chi connectivity index (χ0) is 18.1. The zero-order valence-corrected chi connectivity index (χ0v) is 16.5. The number of hydrogen-bond donors (Lipinski definition) is 1. The summed E-state index contributed by atoms with van der Waals surface area (Å²) in [4.78, 5) is 0.0515. The van der Waals surface area contributed by atoms with Crippen molar-refractivity contribution < 1.29 is 26.3 Å². The molecule has 130 valence electrons. The summed E-state index contributed by atoms with van der Waals surface area (Å²) in [6.45, 7) is 1.82. The fourth-order valence-corrected chi connectivity index (χ4v) is 3.98. The fourth-order valence-electron chi connectivity index (χ4n) is 1.73. The van der Waals surface area contributed by atoms with Crippen LogP contribution in [-0.4, -0.2) is 14.8 Å². The van der Waals surface area contributed by atoms with Gasteiger partial charge in [-0.2, -0.15) is 0 Å². The Bertz CT molecular complexity index is 855. The van der Waals surface area contributed by atoms with E-state index in [1.54, 1.807) is 34.7 Å². The average Bonchev–Trinajstić information content (AvgIpc) is 2.43. The molecule has 0 spiro atoms. The summed E-state index contributed by atoms with van der Waals surface area (Å²) in [5.74, 6) is -0.454. The largest absolute Gasteiger partial charge is 0.573 e. The maximum Gasteiger partial charge on any atom is 0.573 e. The van der Waals surface area contributed by atoms with Crippen LogP contribution in [0.15, 0.2) is 45.8 Å². The second-order valence-corrected chi connectivity index (χ2v) is 8.43. The quantitative estimate of drug-likeness (QED) is 0.557. The molecule has 24 heavy (non-hydrogen) atoms. The number of anilines is 1. The number of alkyl halides is 3. The Balaban J connectivity index is 2.33. The van der Waals surface area contributed by atoms with E-state index in [1.807, 2.05) is 6.92 Å². The molecule has 0 aliphatic carbocycles. The van der Waals surface area contributed by atoms with Gasteiger partial charge in [-0.15, -0.1) is 13.2 Å². The minimum absolute atomic E-state index is 0.0261. The molecule has 0 aliphatic heterocycles. The van der Waals surface area contributed by atoms with Gasteiger partial charge in [-0.05, 0) is 69.7 Å². The topological polar surface area (TPSA) is 55.4 Å². The summed E-state index contributed by atoms with van der Waals surface area (Å²) < 4.78 is 68.1. The van der Waals surface area contributed by atoms with Crippen LogP contribution in [0.3, 0.4) is 0 Å². The summed E-state index contributed by atoms with van der Waals surface area (Å²) in [5, 5.41) is 0. The van der Waals surface area contributed by atoms with Crippen molar-refractivity contribution in [2.75, 3.05) is 4.72 Å². The Morgan fingerprint density at radius 3 is 2.29 bits per heavy atom. The maximum atomic E-state index is 12.3. The number of halogens is 5. The van der Waals surface area contributed by atoms with E-state index < -0.39 is 22.1 Å². The summed E-state index contributed by atoms with van der Waals surface area (Å²) in [5.41, 5.74) is 1.04. The van der Waals surface area contributed by atoms with Crippen molar-refractivity contribution in [3.05, 3.63) is 50.0 Å². The number of aryl methyl sites for hydroxylation is 1. The highest BCUT2D eigenvalue weighted by molar-refractivity contribution is 14.1. The summed E-state index contributed by atoms with van der Waals surface area (Å²) in [7, 11) is -3.86. The Morgan fingerprint density at radius 1 is 1.17 bits per heavy atom. The highest BCUT2D eigenvalue weighted by atomic mass is 127. The van der Waals surface area contributed by atoms with Gasteiger partial charge in [-0.3, -0.25) is 4.72 Å². The standard InChI is InChI=1S/C14H10BrF3INO3S/c1-8-2-4-9(5-3-8)24(21,22)20-12-6-10(15)13(7-11(12)19)23-14(16,17)18/h2-7,20H,1H3. The zero-order valence-electron chi connectivity index (χ0n) is 12.0.